The van der Waals surface area contributed by atoms with Crippen molar-refractivity contribution in [1.29, 1.82) is 0 Å². The Bertz CT molecular complexity index is 523. The number of nitrogens with two attached hydrogens (primary N) is 1. The van der Waals surface area contributed by atoms with Gasteiger partial charge in [0.25, 0.3) is 0 Å². The highest BCUT2D eigenvalue weighted by molar-refractivity contribution is 5.76. The lowest BCUT2D eigenvalue weighted by Gasteiger charge is -2.40. The van der Waals surface area contributed by atoms with Crippen molar-refractivity contribution < 1.29 is 9.53 Å². The molecule has 2 fully saturated rings. The fourth-order valence-electron chi connectivity index (χ4n) is 3.91. The Morgan fingerprint density at radius 1 is 1.12 bits per heavy atom. The van der Waals surface area contributed by atoms with Crippen molar-refractivity contribution in [1.82, 2.24) is 9.80 Å². The number of carbonyl (C=O) groups excluding carboxylic acids is 1. The molecule has 2 N–H and O–H groups in total. The first-order valence-corrected chi connectivity index (χ1v) is 9.61. The van der Waals surface area contributed by atoms with Gasteiger partial charge in [0.05, 0.1) is 13.2 Å². The first-order valence-electron chi connectivity index (χ1n) is 9.61. The highest BCUT2D eigenvalue weighted by atomic mass is 16.5. The molecule has 2 saturated heterocycles. The van der Waals surface area contributed by atoms with Crippen molar-refractivity contribution in [3.63, 3.8) is 0 Å². The first-order chi connectivity index (χ1) is 12.2. The second-order valence-electron chi connectivity index (χ2n) is 7.25. The quantitative estimate of drug-likeness (QED) is 0.852. The number of hydrogen-bond donors (Lipinski definition) is 1. The molecule has 2 aliphatic rings. The summed E-state index contributed by atoms with van der Waals surface area (Å²) in [6, 6.07) is 10.9. The van der Waals surface area contributed by atoms with Crippen molar-refractivity contribution >= 4 is 5.91 Å². The van der Waals surface area contributed by atoms with E-state index >= 15 is 0 Å². The second kappa shape index (κ2) is 9.32. The van der Waals surface area contributed by atoms with Gasteiger partial charge in [0.1, 0.15) is 0 Å². The number of ether oxygens (including phenoxy) is 1. The summed E-state index contributed by atoms with van der Waals surface area (Å²) in [5.41, 5.74) is 7.46. The molecule has 1 amide bonds. The van der Waals surface area contributed by atoms with Crippen molar-refractivity contribution in [3.8, 4) is 0 Å². The number of likely N-dealkylation sites (tertiary alicyclic amines) is 1. The molecule has 0 aliphatic carbocycles. The van der Waals surface area contributed by atoms with Gasteiger partial charge in [-0.1, -0.05) is 30.3 Å². The highest BCUT2D eigenvalue weighted by Gasteiger charge is 2.27. The molecule has 2 aliphatic heterocycles. The minimum Gasteiger partial charge on any atom is -0.379 e. The third-order valence-corrected chi connectivity index (χ3v) is 5.45. The molecule has 1 atom stereocenters. The fourth-order valence-corrected chi connectivity index (χ4v) is 3.91. The number of piperidine rings is 1. The Labute approximate surface area is 151 Å². The van der Waals surface area contributed by atoms with E-state index in [0.29, 0.717) is 12.5 Å². The summed E-state index contributed by atoms with van der Waals surface area (Å²) in [6.45, 7) is 5.53. The van der Waals surface area contributed by atoms with Crippen LogP contribution in [0.25, 0.3) is 0 Å². The van der Waals surface area contributed by atoms with Gasteiger partial charge in [-0.25, -0.2) is 0 Å². The molecule has 0 radical (unpaired) electrons. The summed E-state index contributed by atoms with van der Waals surface area (Å²) in [5.74, 6) is 0.268. The van der Waals surface area contributed by atoms with Crippen LogP contribution in [0.3, 0.4) is 0 Å². The summed E-state index contributed by atoms with van der Waals surface area (Å²) >= 11 is 0. The van der Waals surface area contributed by atoms with Gasteiger partial charge in [-0.3, -0.25) is 9.69 Å². The van der Waals surface area contributed by atoms with Crippen LogP contribution in [0, 0.1) is 0 Å². The Kier molecular flexibility index (Phi) is 6.84. The number of benzene rings is 1. The van der Waals surface area contributed by atoms with E-state index in [1.165, 1.54) is 5.56 Å². The molecule has 138 valence electrons. The number of hydrogen-bond acceptors (Lipinski definition) is 4. The Hall–Kier alpha value is -1.43. The van der Waals surface area contributed by atoms with Crippen molar-refractivity contribution in [2.75, 3.05) is 39.4 Å². The number of nitrogens with zero attached hydrogens (tertiary/aromatic N) is 2. The first kappa shape index (κ1) is 18.4. The zero-order valence-electron chi connectivity index (χ0n) is 15.1. The Morgan fingerprint density at radius 3 is 2.48 bits per heavy atom. The number of rotatable bonds is 6. The van der Waals surface area contributed by atoms with Crippen LogP contribution in [-0.2, 0) is 16.0 Å². The van der Waals surface area contributed by atoms with E-state index in [4.69, 9.17) is 10.5 Å². The van der Waals surface area contributed by atoms with E-state index in [1.807, 2.05) is 23.1 Å². The maximum atomic E-state index is 12.5. The Balaban J connectivity index is 1.36. The van der Waals surface area contributed by atoms with Crippen molar-refractivity contribution in [3.05, 3.63) is 35.9 Å². The monoisotopic (exact) mass is 345 g/mol. The molecule has 25 heavy (non-hydrogen) atoms. The topological polar surface area (TPSA) is 58.8 Å². The molecular formula is C20H31N3O2. The summed E-state index contributed by atoms with van der Waals surface area (Å²) in [7, 11) is 0. The lowest BCUT2D eigenvalue weighted by Crippen LogP contribution is -2.50. The van der Waals surface area contributed by atoms with Gasteiger partial charge in [-0.05, 0) is 31.2 Å². The predicted octanol–water partition coefficient (Wildman–Crippen LogP) is 1.66. The molecule has 0 bridgehead atoms. The minimum atomic E-state index is 0.0530. The molecule has 1 aromatic carbocycles. The smallest absolute Gasteiger partial charge is 0.222 e. The van der Waals surface area contributed by atoms with Crippen LogP contribution in [0.5, 0.6) is 0 Å². The largest absolute Gasteiger partial charge is 0.379 e. The van der Waals surface area contributed by atoms with Crippen LogP contribution in [0.2, 0.25) is 0 Å². The zero-order chi connectivity index (χ0) is 17.5. The molecule has 5 nitrogen and oxygen atoms in total. The third kappa shape index (κ3) is 5.53. The lowest BCUT2D eigenvalue weighted by molar-refractivity contribution is -0.133. The van der Waals surface area contributed by atoms with Crippen molar-refractivity contribution in [2.24, 2.45) is 5.73 Å². The van der Waals surface area contributed by atoms with E-state index in [9.17, 15) is 4.79 Å². The van der Waals surface area contributed by atoms with Gasteiger partial charge in [-0.2, -0.15) is 0 Å². The SMILES string of the molecule is N[C@@H](CCC(=O)N1CCC(N2CCOCC2)CC1)Cc1ccccc1. The number of amides is 1. The third-order valence-electron chi connectivity index (χ3n) is 5.45. The van der Waals surface area contributed by atoms with Gasteiger partial charge < -0.3 is 15.4 Å². The molecule has 2 heterocycles. The molecule has 3 rings (SSSR count). The van der Waals surface area contributed by atoms with E-state index in [1.54, 1.807) is 0 Å². The number of carbonyl (C=O) groups is 1. The maximum Gasteiger partial charge on any atom is 0.222 e. The summed E-state index contributed by atoms with van der Waals surface area (Å²) < 4.78 is 5.43. The summed E-state index contributed by atoms with van der Waals surface area (Å²) in [4.78, 5) is 17.0. The average Bonchev–Trinajstić information content (AvgIpc) is 2.68. The van der Waals surface area contributed by atoms with Crippen LogP contribution >= 0.6 is 0 Å². The zero-order valence-corrected chi connectivity index (χ0v) is 15.1. The predicted molar refractivity (Wildman–Crippen MR) is 99.3 cm³/mol. The van der Waals surface area contributed by atoms with Crippen LogP contribution < -0.4 is 5.73 Å². The van der Waals surface area contributed by atoms with Gasteiger partial charge in [-0.15, -0.1) is 0 Å². The average molecular weight is 345 g/mol. The van der Waals surface area contributed by atoms with Gasteiger partial charge >= 0.3 is 0 Å². The molecular weight excluding hydrogens is 314 g/mol. The lowest BCUT2D eigenvalue weighted by atomic mass is 10.00. The van der Waals surface area contributed by atoms with E-state index in [2.05, 4.69) is 17.0 Å². The maximum absolute atomic E-state index is 12.5. The fraction of sp³-hybridized carbons (Fsp3) is 0.650. The highest BCUT2D eigenvalue weighted by Crippen LogP contribution is 2.19. The van der Waals surface area contributed by atoms with Crippen LogP contribution in [0.15, 0.2) is 30.3 Å². The van der Waals surface area contributed by atoms with Gasteiger partial charge in [0.2, 0.25) is 5.91 Å². The van der Waals surface area contributed by atoms with E-state index < -0.39 is 0 Å². The van der Waals surface area contributed by atoms with Crippen LogP contribution in [-0.4, -0.2) is 67.2 Å². The van der Waals surface area contributed by atoms with Crippen molar-refractivity contribution in [2.45, 2.75) is 44.2 Å². The normalized spacial score (nSPS) is 21.2. The molecule has 1 aromatic rings. The molecule has 0 saturated carbocycles. The van der Waals surface area contributed by atoms with Crippen LogP contribution in [0.1, 0.15) is 31.2 Å². The minimum absolute atomic E-state index is 0.0530. The second-order valence-corrected chi connectivity index (χ2v) is 7.25. The van der Waals surface area contributed by atoms with Gasteiger partial charge in [0, 0.05) is 44.7 Å². The molecule has 0 unspecified atom stereocenters. The summed E-state index contributed by atoms with van der Waals surface area (Å²) in [5, 5.41) is 0. The number of morpholine rings is 1. The van der Waals surface area contributed by atoms with E-state index in [0.717, 1.165) is 65.1 Å². The Morgan fingerprint density at radius 2 is 1.80 bits per heavy atom. The van der Waals surface area contributed by atoms with Gasteiger partial charge in [0.15, 0.2) is 0 Å². The standard InChI is InChI=1S/C20H31N3O2/c21-18(16-17-4-2-1-3-5-17)6-7-20(24)23-10-8-19(9-11-23)22-12-14-25-15-13-22/h1-5,18-19H,6-16,21H2/t18-/m0/s1. The molecule has 5 heteroatoms. The molecule has 0 aromatic heterocycles. The van der Waals surface area contributed by atoms with E-state index in [-0.39, 0.29) is 11.9 Å². The summed E-state index contributed by atoms with van der Waals surface area (Å²) in [6.07, 6.45) is 4.34. The molecule has 0 spiro atoms. The van der Waals surface area contributed by atoms with Crippen LogP contribution in [0.4, 0.5) is 0 Å².